The number of hydrogen-bond donors (Lipinski definition) is 0. The first kappa shape index (κ1) is 21.0. The van der Waals surface area contributed by atoms with Crippen molar-refractivity contribution in [1.29, 1.82) is 0 Å². The van der Waals surface area contributed by atoms with E-state index in [0.717, 1.165) is 22.4 Å². The summed E-state index contributed by atoms with van der Waals surface area (Å²) in [5.41, 5.74) is 4.16. The molecule has 0 unspecified atom stereocenters. The lowest BCUT2D eigenvalue weighted by atomic mass is 9.99. The fourth-order valence-corrected chi connectivity index (χ4v) is 4.31. The summed E-state index contributed by atoms with van der Waals surface area (Å²) in [4.78, 5) is 19.6. The topological polar surface area (TPSA) is 70.1 Å². The van der Waals surface area contributed by atoms with E-state index in [1.807, 2.05) is 43.5 Å². The highest BCUT2D eigenvalue weighted by Gasteiger charge is 2.34. The number of carbonyl (C=O) groups excluding carboxylic acids is 1. The van der Waals surface area contributed by atoms with E-state index in [0.29, 0.717) is 48.2 Å². The third-order valence-electron chi connectivity index (χ3n) is 5.85. The molecule has 2 aliphatic heterocycles. The number of hydrogen-bond acceptors (Lipinski definition) is 7. The standard InChI is InChI=1S/C26H24N2O5/c1-16-24-19(14-28(15-32-24)13-17-6-5-9-27-12-17)10-20-23(29)22(33-25(16)20)11-18-7-4-8-21(30-2)26(18)31-3/h4-12H,13-15H2,1-3H3. The minimum Gasteiger partial charge on any atom is -0.493 e. The smallest absolute Gasteiger partial charge is 0.231 e. The van der Waals surface area contributed by atoms with Gasteiger partial charge in [-0.05, 0) is 36.8 Å². The van der Waals surface area contributed by atoms with Crippen molar-refractivity contribution in [3.63, 3.8) is 0 Å². The first-order valence-electron chi connectivity index (χ1n) is 10.6. The average molecular weight is 444 g/mol. The van der Waals surface area contributed by atoms with Gasteiger partial charge in [-0.25, -0.2) is 0 Å². The Morgan fingerprint density at radius 1 is 1.15 bits per heavy atom. The molecule has 2 aliphatic rings. The Balaban J connectivity index is 1.45. The Kier molecular flexibility index (Phi) is 5.48. The van der Waals surface area contributed by atoms with Gasteiger partial charge in [-0.1, -0.05) is 18.2 Å². The molecule has 33 heavy (non-hydrogen) atoms. The van der Waals surface area contributed by atoms with E-state index in [-0.39, 0.29) is 11.5 Å². The SMILES string of the molecule is COc1cccc(C=C2Oc3c(cc4c(c3C)OCN(Cc3cccnc3)C4)C2=O)c1OC. The molecule has 0 spiro atoms. The summed E-state index contributed by atoms with van der Waals surface area (Å²) in [7, 11) is 3.14. The molecule has 3 aromatic rings. The van der Waals surface area contributed by atoms with Crippen LogP contribution < -0.4 is 18.9 Å². The Morgan fingerprint density at radius 2 is 2.03 bits per heavy atom. The normalized spacial score (nSPS) is 16.1. The number of pyridine rings is 1. The summed E-state index contributed by atoms with van der Waals surface area (Å²) in [6.45, 7) is 3.78. The average Bonchev–Trinajstić information content (AvgIpc) is 3.15. The molecule has 3 heterocycles. The Bertz CT molecular complexity index is 1250. The number of Topliss-reactive ketones (excluding diaryl/α,β-unsaturated/α-hetero) is 1. The summed E-state index contributed by atoms with van der Waals surface area (Å²) in [5, 5.41) is 0. The highest BCUT2D eigenvalue weighted by atomic mass is 16.5. The lowest BCUT2D eigenvalue weighted by Crippen LogP contribution is -2.32. The Labute approximate surface area is 192 Å². The van der Waals surface area contributed by atoms with Gasteiger partial charge < -0.3 is 18.9 Å². The van der Waals surface area contributed by atoms with Crippen molar-refractivity contribution in [2.45, 2.75) is 20.0 Å². The third kappa shape index (κ3) is 3.81. The van der Waals surface area contributed by atoms with Gasteiger partial charge in [-0.15, -0.1) is 0 Å². The molecular formula is C26H24N2O5. The number of nitrogens with zero attached hydrogens (tertiary/aromatic N) is 2. The number of allylic oxidation sites excluding steroid dienone is 1. The maximum atomic E-state index is 13.2. The van der Waals surface area contributed by atoms with Gasteiger partial charge in [-0.2, -0.15) is 0 Å². The van der Waals surface area contributed by atoms with E-state index >= 15 is 0 Å². The van der Waals surface area contributed by atoms with Gasteiger partial charge in [0.1, 0.15) is 18.2 Å². The third-order valence-corrected chi connectivity index (χ3v) is 5.85. The highest BCUT2D eigenvalue weighted by molar-refractivity contribution is 6.15. The molecule has 7 nitrogen and oxygen atoms in total. The molecule has 0 saturated heterocycles. The zero-order valence-corrected chi connectivity index (χ0v) is 18.8. The monoisotopic (exact) mass is 444 g/mol. The van der Waals surface area contributed by atoms with E-state index in [1.165, 1.54) is 0 Å². The first-order chi connectivity index (χ1) is 16.1. The number of ether oxygens (including phenoxy) is 4. The second-order valence-electron chi connectivity index (χ2n) is 8.01. The predicted octanol–water partition coefficient (Wildman–Crippen LogP) is 4.38. The van der Waals surface area contributed by atoms with Crippen LogP contribution in [-0.2, 0) is 13.1 Å². The van der Waals surface area contributed by atoms with Crippen LogP contribution in [0, 0.1) is 6.92 Å². The molecule has 5 rings (SSSR count). The lowest BCUT2D eigenvalue weighted by Gasteiger charge is -2.30. The van der Waals surface area contributed by atoms with Crippen LogP contribution in [0.4, 0.5) is 0 Å². The number of fused-ring (bicyclic) bond motifs is 2. The minimum atomic E-state index is -0.162. The second-order valence-corrected chi connectivity index (χ2v) is 8.01. The van der Waals surface area contributed by atoms with E-state index in [2.05, 4.69) is 9.88 Å². The number of carbonyl (C=O) groups is 1. The van der Waals surface area contributed by atoms with Gasteiger partial charge in [-0.3, -0.25) is 14.7 Å². The van der Waals surface area contributed by atoms with Crippen molar-refractivity contribution in [1.82, 2.24) is 9.88 Å². The van der Waals surface area contributed by atoms with Gasteiger partial charge in [0.25, 0.3) is 0 Å². The molecule has 0 atom stereocenters. The first-order valence-corrected chi connectivity index (χ1v) is 10.6. The molecule has 0 saturated carbocycles. The summed E-state index contributed by atoms with van der Waals surface area (Å²) in [6.07, 6.45) is 5.30. The fourth-order valence-electron chi connectivity index (χ4n) is 4.31. The van der Waals surface area contributed by atoms with Gasteiger partial charge in [0, 0.05) is 42.2 Å². The maximum absolute atomic E-state index is 13.2. The van der Waals surface area contributed by atoms with Crippen molar-refractivity contribution in [2.24, 2.45) is 0 Å². The molecule has 0 bridgehead atoms. The van der Waals surface area contributed by atoms with Crippen molar-refractivity contribution in [2.75, 3.05) is 21.0 Å². The summed E-state index contributed by atoms with van der Waals surface area (Å²) < 4.78 is 23.0. The molecule has 168 valence electrons. The largest absolute Gasteiger partial charge is 0.493 e. The van der Waals surface area contributed by atoms with Crippen LogP contribution in [0.2, 0.25) is 0 Å². The number of rotatable bonds is 5. The molecule has 2 aromatic carbocycles. The number of aromatic nitrogens is 1. The molecule has 0 aliphatic carbocycles. The van der Waals surface area contributed by atoms with Crippen molar-refractivity contribution in [3.05, 3.63) is 82.4 Å². The zero-order chi connectivity index (χ0) is 22.9. The molecule has 1 aromatic heterocycles. The Hall–Kier alpha value is -3.84. The summed E-state index contributed by atoms with van der Waals surface area (Å²) in [6, 6.07) is 11.4. The van der Waals surface area contributed by atoms with E-state index in [9.17, 15) is 4.79 Å². The van der Waals surface area contributed by atoms with Crippen LogP contribution >= 0.6 is 0 Å². The van der Waals surface area contributed by atoms with Crippen LogP contribution in [0.5, 0.6) is 23.0 Å². The number of ketones is 1. The van der Waals surface area contributed by atoms with Gasteiger partial charge in [0.2, 0.25) is 5.78 Å². The maximum Gasteiger partial charge on any atom is 0.231 e. The summed E-state index contributed by atoms with van der Waals surface area (Å²) >= 11 is 0. The van der Waals surface area contributed by atoms with E-state index in [4.69, 9.17) is 18.9 Å². The molecule has 0 radical (unpaired) electrons. The van der Waals surface area contributed by atoms with Gasteiger partial charge >= 0.3 is 0 Å². The van der Waals surface area contributed by atoms with Gasteiger partial charge in [0.05, 0.1) is 19.8 Å². The fraction of sp³-hybridized carbons (Fsp3) is 0.231. The molecule has 7 heteroatoms. The molecule has 0 N–H and O–H groups in total. The van der Waals surface area contributed by atoms with Crippen molar-refractivity contribution < 1.29 is 23.7 Å². The number of methoxy groups -OCH3 is 2. The zero-order valence-electron chi connectivity index (χ0n) is 18.8. The van der Waals surface area contributed by atoms with Crippen LogP contribution in [0.3, 0.4) is 0 Å². The van der Waals surface area contributed by atoms with Crippen LogP contribution in [0.15, 0.2) is 54.6 Å². The van der Waals surface area contributed by atoms with E-state index < -0.39 is 0 Å². The molecule has 0 amide bonds. The summed E-state index contributed by atoms with van der Waals surface area (Å²) in [5.74, 6) is 2.55. The lowest BCUT2D eigenvalue weighted by molar-refractivity contribution is 0.0876. The van der Waals surface area contributed by atoms with E-state index in [1.54, 1.807) is 32.6 Å². The second kappa shape index (κ2) is 8.60. The van der Waals surface area contributed by atoms with Crippen molar-refractivity contribution >= 4 is 11.9 Å². The van der Waals surface area contributed by atoms with Crippen LogP contribution in [-0.4, -0.2) is 36.6 Å². The Morgan fingerprint density at radius 3 is 2.79 bits per heavy atom. The molecule has 0 fully saturated rings. The molecular weight excluding hydrogens is 420 g/mol. The number of benzene rings is 2. The van der Waals surface area contributed by atoms with Gasteiger partial charge in [0.15, 0.2) is 17.3 Å². The predicted molar refractivity (Wildman–Crippen MR) is 123 cm³/mol. The van der Waals surface area contributed by atoms with Crippen LogP contribution in [0.25, 0.3) is 6.08 Å². The quantitative estimate of drug-likeness (QED) is 0.541. The van der Waals surface area contributed by atoms with Crippen molar-refractivity contribution in [3.8, 4) is 23.0 Å². The van der Waals surface area contributed by atoms with Crippen LogP contribution in [0.1, 0.15) is 32.6 Å². The highest BCUT2D eigenvalue weighted by Crippen LogP contribution is 2.44. The number of para-hydroxylation sites is 1. The minimum absolute atomic E-state index is 0.162.